The van der Waals surface area contributed by atoms with Crippen molar-refractivity contribution in [3.63, 3.8) is 0 Å². The van der Waals surface area contributed by atoms with E-state index in [4.69, 9.17) is 37.4 Å². The normalized spacial score (nSPS) is 18.5. The second-order valence-electron chi connectivity index (χ2n) is 6.02. The molecule has 0 radical (unpaired) electrons. The van der Waals surface area contributed by atoms with Crippen LogP contribution in [0.2, 0.25) is 10.0 Å². The Bertz CT molecular complexity index is 945. The number of ether oxygens (including phenoxy) is 3. The van der Waals surface area contributed by atoms with Crippen molar-refractivity contribution >= 4 is 23.2 Å². The van der Waals surface area contributed by atoms with Gasteiger partial charge in [0.15, 0.2) is 5.76 Å². The molecule has 0 bridgehead atoms. The summed E-state index contributed by atoms with van der Waals surface area (Å²) in [6, 6.07) is 14.7. The van der Waals surface area contributed by atoms with Crippen molar-refractivity contribution in [3.05, 3.63) is 94.9 Å². The van der Waals surface area contributed by atoms with Crippen molar-refractivity contribution in [3.8, 4) is 5.75 Å². The van der Waals surface area contributed by atoms with Crippen molar-refractivity contribution in [1.82, 2.24) is 9.55 Å². The third-order valence-electron chi connectivity index (χ3n) is 4.09. The van der Waals surface area contributed by atoms with Gasteiger partial charge in [-0.15, -0.1) is 0 Å². The number of aromatic nitrogens is 2. The fourth-order valence-electron chi connectivity index (χ4n) is 2.85. The quantitative estimate of drug-likeness (QED) is 0.581. The molecule has 0 fully saturated rings. The van der Waals surface area contributed by atoms with Crippen molar-refractivity contribution in [2.45, 2.75) is 12.3 Å². The molecular weight excluding hydrogens is 387 g/mol. The minimum Gasteiger partial charge on any atom is -0.486 e. The molecule has 27 heavy (non-hydrogen) atoms. The van der Waals surface area contributed by atoms with Crippen LogP contribution in [0.5, 0.6) is 5.75 Å². The molecule has 0 saturated carbocycles. The summed E-state index contributed by atoms with van der Waals surface area (Å²) in [4.78, 5) is 4.08. The third-order valence-corrected chi connectivity index (χ3v) is 4.64. The van der Waals surface area contributed by atoms with Gasteiger partial charge < -0.3 is 18.8 Å². The summed E-state index contributed by atoms with van der Waals surface area (Å²) in [5, 5.41) is 1.00. The van der Waals surface area contributed by atoms with Gasteiger partial charge in [0, 0.05) is 17.4 Å². The van der Waals surface area contributed by atoms with E-state index in [1.54, 1.807) is 37.0 Å². The zero-order valence-corrected chi connectivity index (χ0v) is 15.7. The minimum atomic E-state index is -1.13. The van der Waals surface area contributed by atoms with Crippen molar-refractivity contribution in [2.75, 3.05) is 6.61 Å². The first-order valence-electron chi connectivity index (χ1n) is 8.30. The van der Waals surface area contributed by atoms with Gasteiger partial charge in [-0.05, 0) is 30.3 Å². The second-order valence-corrected chi connectivity index (χ2v) is 6.86. The zero-order chi connectivity index (χ0) is 18.7. The molecule has 2 aromatic carbocycles. The predicted octanol–water partition coefficient (Wildman–Crippen LogP) is 5.01. The van der Waals surface area contributed by atoms with Crippen LogP contribution >= 0.6 is 23.2 Å². The van der Waals surface area contributed by atoms with Gasteiger partial charge in [-0.3, -0.25) is 0 Å². The first kappa shape index (κ1) is 17.8. The lowest BCUT2D eigenvalue weighted by atomic mass is 10.1. The zero-order valence-electron chi connectivity index (χ0n) is 14.2. The molecule has 1 aliphatic heterocycles. The van der Waals surface area contributed by atoms with Gasteiger partial charge in [-0.1, -0.05) is 41.4 Å². The summed E-state index contributed by atoms with van der Waals surface area (Å²) in [5.74, 6) is 0.182. The standard InChI is InChI=1S/C20H16Cl2N2O3/c21-15-6-7-18(19(22)10-15)20(13-24-9-8-23-14-24)26-12-17(27-20)11-25-16-4-2-1-3-5-16/h1-10,12,14H,11,13H2. The number of rotatable bonds is 6. The van der Waals surface area contributed by atoms with E-state index in [9.17, 15) is 0 Å². The van der Waals surface area contributed by atoms with E-state index in [0.717, 1.165) is 5.75 Å². The summed E-state index contributed by atoms with van der Waals surface area (Å²) in [5.41, 5.74) is 0.674. The van der Waals surface area contributed by atoms with Gasteiger partial charge in [0.25, 0.3) is 5.79 Å². The topological polar surface area (TPSA) is 45.5 Å². The minimum absolute atomic E-state index is 0.237. The lowest BCUT2D eigenvalue weighted by Crippen LogP contribution is -2.33. The molecule has 1 aromatic heterocycles. The highest BCUT2D eigenvalue weighted by molar-refractivity contribution is 6.35. The molecule has 0 aliphatic carbocycles. The smallest absolute Gasteiger partial charge is 0.296 e. The van der Waals surface area contributed by atoms with Gasteiger partial charge in [-0.25, -0.2) is 4.98 Å². The van der Waals surface area contributed by atoms with Crippen LogP contribution in [0.1, 0.15) is 5.56 Å². The highest BCUT2D eigenvalue weighted by Crippen LogP contribution is 2.41. The predicted molar refractivity (Wildman–Crippen MR) is 103 cm³/mol. The van der Waals surface area contributed by atoms with Gasteiger partial charge in [0.1, 0.15) is 25.2 Å². The lowest BCUT2D eigenvalue weighted by Gasteiger charge is -2.30. The molecule has 7 heteroatoms. The first-order valence-corrected chi connectivity index (χ1v) is 9.05. The molecule has 0 amide bonds. The van der Waals surface area contributed by atoms with Crippen molar-refractivity contribution < 1.29 is 14.2 Å². The molecule has 3 aromatic rings. The number of halogens is 2. The van der Waals surface area contributed by atoms with E-state index < -0.39 is 5.79 Å². The maximum absolute atomic E-state index is 6.44. The van der Waals surface area contributed by atoms with Gasteiger partial charge in [-0.2, -0.15) is 0 Å². The molecule has 4 rings (SSSR count). The van der Waals surface area contributed by atoms with E-state index in [2.05, 4.69) is 4.98 Å². The Morgan fingerprint density at radius 3 is 2.70 bits per heavy atom. The lowest BCUT2D eigenvalue weighted by molar-refractivity contribution is -0.169. The van der Waals surface area contributed by atoms with E-state index >= 15 is 0 Å². The highest BCUT2D eigenvalue weighted by atomic mass is 35.5. The number of para-hydroxylation sites is 1. The molecule has 2 heterocycles. The molecular formula is C20H16Cl2N2O3. The summed E-state index contributed by atoms with van der Waals surface area (Å²) in [6.07, 6.45) is 6.78. The fraction of sp³-hybridized carbons (Fsp3) is 0.150. The Labute approximate surface area is 166 Å². The Kier molecular flexibility index (Phi) is 4.97. The van der Waals surface area contributed by atoms with Gasteiger partial charge in [0.05, 0.1) is 16.9 Å². The monoisotopic (exact) mass is 402 g/mol. The SMILES string of the molecule is Clc1ccc(C2(Cn3ccnc3)OC=C(COc3ccccc3)O2)c(Cl)c1. The number of hydrogen-bond donors (Lipinski definition) is 0. The van der Waals surface area contributed by atoms with Crippen LogP contribution in [0.4, 0.5) is 0 Å². The Morgan fingerprint density at radius 1 is 1.11 bits per heavy atom. The third kappa shape index (κ3) is 3.89. The second kappa shape index (κ2) is 7.55. The van der Waals surface area contributed by atoms with E-state index in [1.807, 2.05) is 41.1 Å². The summed E-state index contributed by atoms with van der Waals surface area (Å²) in [6.45, 7) is 0.598. The number of nitrogens with zero attached hydrogens (tertiary/aromatic N) is 2. The van der Waals surface area contributed by atoms with Gasteiger partial charge in [0.2, 0.25) is 0 Å². The van der Waals surface area contributed by atoms with Crippen LogP contribution in [0, 0.1) is 0 Å². The molecule has 1 unspecified atom stereocenters. The van der Waals surface area contributed by atoms with E-state index in [-0.39, 0.29) is 6.61 Å². The molecule has 1 atom stereocenters. The molecule has 0 N–H and O–H groups in total. The van der Waals surface area contributed by atoms with Crippen LogP contribution in [-0.2, 0) is 21.8 Å². The number of hydrogen-bond acceptors (Lipinski definition) is 4. The van der Waals surface area contributed by atoms with Crippen LogP contribution in [0.25, 0.3) is 0 Å². The van der Waals surface area contributed by atoms with Gasteiger partial charge >= 0.3 is 0 Å². The average molecular weight is 403 g/mol. The van der Waals surface area contributed by atoms with Crippen molar-refractivity contribution in [2.24, 2.45) is 0 Å². The van der Waals surface area contributed by atoms with E-state index in [0.29, 0.717) is 27.9 Å². The van der Waals surface area contributed by atoms with Crippen LogP contribution in [-0.4, -0.2) is 16.2 Å². The summed E-state index contributed by atoms with van der Waals surface area (Å²) < 4.78 is 19.8. The Hall–Kier alpha value is -2.63. The first-order chi connectivity index (χ1) is 13.1. The molecule has 0 spiro atoms. The highest BCUT2D eigenvalue weighted by Gasteiger charge is 2.43. The largest absolute Gasteiger partial charge is 0.486 e. The maximum atomic E-state index is 6.44. The number of benzene rings is 2. The molecule has 5 nitrogen and oxygen atoms in total. The Balaban J connectivity index is 1.57. The summed E-state index contributed by atoms with van der Waals surface area (Å²) >= 11 is 12.5. The van der Waals surface area contributed by atoms with Crippen LogP contribution in [0.15, 0.2) is 79.3 Å². The van der Waals surface area contributed by atoms with Crippen LogP contribution < -0.4 is 4.74 Å². The molecule has 1 aliphatic rings. The Morgan fingerprint density at radius 2 is 1.96 bits per heavy atom. The molecule has 138 valence electrons. The maximum Gasteiger partial charge on any atom is 0.296 e. The average Bonchev–Trinajstić information content (AvgIpc) is 3.32. The number of imidazole rings is 1. The molecule has 0 saturated heterocycles. The van der Waals surface area contributed by atoms with Crippen LogP contribution in [0.3, 0.4) is 0 Å². The van der Waals surface area contributed by atoms with Crippen molar-refractivity contribution in [1.29, 1.82) is 0 Å². The van der Waals surface area contributed by atoms with E-state index in [1.165, 1.54) is 0 Å². The summed E-state index contributed by atoms with van der Waals surface area (Å²) in [7, 11) is 0. The fourth-order valence-corrected chi connectivity index (χ4v) is 3.40.